The fourth-order valence-electron chi connectivity index (χ4n) is 0.362. The van der Waals surface area contributed by atoms with Crippen molar-refractivity contribution in [1.82, 2.24) is 0 Å². The minimum atomic E-state index is -0.482. The van der Waals surface area contributed by atoms with Crippen molar-refractivity contribution in [3.63, 3.8) is 0 Å². The first-order chi connectivity index (χ1) is 3.79. The van der Waals surface area contributed by atoms with Crippen LogP contribution in [0, 0.1) is 0 Å². The van der Waals surface area contributed by atoms with E-state index in [0.29, 0.717) is 0 Å². The van der Waals surface area contributed by atoms with E-state index in [4.69, 9.17) is 0 Å². The molecule has 1 aliphatic heterocycles. The van der Waals surface area contributed by atoms with Gasteiger partial charge >= 0.3 is 11.9 Å². The van der Waals surface area contributed by atoms with Gasteiger partial charge in [-0.05, 0) is 0 Å². The van der Waals surface area contributed by atoms with Gasteiger partial charge in [0.25, 0.3) is 0 Å². The number of carbonyl (C=O) groups is 2. The van der Waals surface area contributed by atoms with Gasteiger partial charge in [0, 0.05) is 21.7 Å². The summed E-state index contributed by atoms with van der Waals surface area (Å²) in [7, 11) is 0. The first-order valence-corrected chi connectivity index (χ1v) is 2.10. The van der Waals surface area contributed by atoms with Crippen LogP contribution in [0.25, 0.3) is 0 Å². The van der Waals surface area contributed by atoms with Crippen molar-refractivity contribution >= 4 is 11.9 Å². The maximum Gasteiger partial charge on any atom is 0.344 e. The molecule has 0 spiro atoms. The summed E-state index contributed by atoms with van der Waals surface area (Å²) in [6, 6.07) is 0. The van der Waals surface area contributed by atoms with E-state index in [1.165, 1.54) is 0 Å². The van der Waals surface area contributed by atoms with E-state index in [2.05, 4.69) is 9.47 Å². The maximum atomic E-state index is 10.1. The van der Waals surface area contributed by atoms with Gasteiger partial charge in [0.2, 0.25) is 0 Å². The zero-order valence-electron chi connectivity index (χ0n) is 4.55. The van der Waals surface area contributed by atoms with Crippen molar-refractivity contribution in [2.24, 2.45) is 0 Å². The number of esters is 2. The minimum absolute atomic E-state index is 0. The van der Waals surface area contributed by atoms with Crippen molar-refractivity contribution in [3.8, 4) is 0 Å². The van der Waals surface area contributed by atoms with Gasteiger partial charge < -0.3 is 9.47 Å². The molecule has 0 bridgehead atoms. The van der Waals surface area contributed by atoms with Crippen LogP contribution in [-0.2, 0) is 40.8 Å². The Morgan fingerprint density at radius 3 is 1.56 bits per heavy atom. The van der Waals surface area contributed by atoms with Gasteiger partial charge in [-0.15, -0.1) is 0 Å². The smallest absolute Gasteiger partial charge is 0.344 e. The van der Waals surface area contributed by atoms with E-state index in [1.807, 2.05) is 0 Å². The third kappa shape index (κ3) is 2.63. The summed E-state index contributed by atoms with van der Waals surface area (Å²) in [5.74, 6) is -0.964. The van der Waals surface area contributed by atoms with Crippen LogP contribution in [-0.4, -0.2) is 25.2 Å². The molecule has 0 aromatic heterocycles. The molecule has 4 nitrogen and oxygen atoms in total. The van der Waals surface area contributed by atoms with Gasteiger partial charge in [-0.3, -0.25) is 0 Å². The molecular formula is C4H4O4Ti. The first-order valence-electron chi connectivity index (χ1n) is 2.10. The predicted molar refractivity (Wildman–Crippen MR) is 21.9 cm³/mol. The molecular weight excluding hydrogens is 160 g/mol. The molecule has 0 amide bonds. The van der Waals surface area contributed by atoms with Crippen molar-refractivity contribution < 1.29 is 40.8 Å². The fraction of sp³-hybridized carbons (Fsp3) is 0.500. The molecule has 0 atom stereocenters. The SMILES string of the molecule is O=C1COC(=O)CO1.[Ti]. The molecule has 0 aromatic carbocycles. The molecule has 0 saturated carbocycles. The summed E-state index contributed by atoms with van der Waals surface area (Å²) in [6.07, 6.45) is 0. The third-order valence-corrected chi connectivity index (χ3v) is 0.702. The number of cyclic esters (lactones) is 2. The summed E-state index contributed by atoms with van der Waals surface area (Å²) >= 11 is 0. The average Bonchev–Trinajstić information content (AvgIpc) is 1.77. The normalized spacial score (nSPS) is 17.3. The maximum absolute atomic E-state index is 10.1. The number of rotatable bonds is 0. The van der Waals surface area contributed by atoms with Crippen molar-refractivity contribution in [2.75, 3.05) is 13.2 Å². The third-order valence-electron chi connectivity index (χ3n) is 0.702. The molecule has 1 aliphatic rings. The van der Waals surface area contributed by atoms with E-state index < -0.39 is 11.9 Å². The van der Waals surface area contributed by atoms with Gasteiger partial charge in [0.1, 0.15) is 0 Å². The topological polar surface area (TPSA) is 52.6 Å². The molecule has 1 saturated heterocycles. The summed E-state index contributed by atoms with van der Waals surface area (Å²) in [5, 5.41) is 0. The molecule has 1 fully saturated rings. The minimum Gasteiger partial charge on any atom is -0.451 e. The van der Waals surface area contributed by atoms with Gasteiger partial charge in [0.15, 0.2) is 13.2 Å². The van der Waals surface area contributed by atoms with Gasteiger partial charge in [0.05, 0.1) is 0 Å². The summed E-state index contributed by atoms with van der Waals surface area (Å²) in [4.78, 5) is 20.2. The fourth-order valence-corrected chi connectivity index (χ4v) is 0.362. The number of hydrogen-bond donors (Lipinski definition) is 0. The molecule has 5 heteroatoms. The molecule has 0 aliphatic carbocycles. The van der Waals surface area contributed by atoms with Crippen LogP contribution in [0.1, 0.15) is 0 Å². The predicted octanol–water partition coefficient (Wildman–Crippen LogP) is -0.916. The Bertz CT molecular complexity index is 105. The second kappa shape index (κ2) is 3.64. The number of carbonyl (C=O) groups excluding carboxylic acids is 2. The standard InChI is InChI=1S/C4H4O4.Ti/c5-3-1-7-4(6)2-8-3;/h1-2H2;. The van der Waals surface area contributed by atoms with E-state index in [1.54, 1.807) is 0 Å². The Kier molecular flexibility index (Phi) is 3.50. The quantitative estimate of drug-likeness (QED) is 0.343. The van der Waals surface area contributed by atoms with E-state index in [9.17, 15) is 9.59 Å². The molecule has 0 unspecified atom stereocenters. The zero-order valence-corrected chi connectivity index (χ0v) is 6.11. The van der Waals surface area contributed by atoms with Crippen LogP contribution in [0.5, 0.6) is 0 Å². The van der Waals surface area contributed by atoms with Crippen molar-refractivity contribution in [3.05, 3.63) is 0 Å². The molecule has 0 N–H and O–H groups in total. The molecule has 48 valence electrons. The van der Waals surface area contributed by atoms with Crippen LogP contribution in [0.15, 0.2) is 0 Å². The Labute approximate surface area is 66.4 Å². The molecule has 0 radical (unpaired) electrons. The van der Waals surface area contributed by atoms with Gasteiger partial charge in [-0.1, -0.05) is 0 Å². The van der Waals surface area contributed by atoms with Crippen LogP contribution >= 0.6 is 0 Å². The Hall–Kier alpha value is -0.346. The Morgan fingerprint density at radius 2 is 1.33 bits per heavy atom. The van der Waals surface area contributed by atoms with Crippen LogP contribution in [0.3, 0.4) is 0 Å². The molecule has 0 aromatic rings. The first kappa shape index (κ1) is 8.65. The van der Waals surface area contributed by atoms with Gasteiger partial charge in [-0.2, -0.15) is 0 Å². The number of ether oxygens (including phenoxy) is 2. The second-order valence-electron chi connectivity index (χ2n) is 1.32. The zero-order chi connectivity index (χ0) is 5.98. The van der Waals surface area contributed by atoms with Crippen LogP contribution in [0.2, 0.25) is 0 Å². The summed E-state index contributed by atoms with van der Waals surface area (Å²) in [6.45, 7) is -0.475. The summed E-state index contributed by atoms with van der Waals surface area (Å²) in [5.41, 5.74) is 0. The molecule has 9 heavy (non-hydrogen) atoms. The van der Waals surface area contributed by atoms with Crippen molar-refractivity contribution in [2.45, 2.75) is 0 Å². The van der Waals surface area contributed by atoms with E-state index in [-0.39, 0.29) is 34.9 Å². The van der Waals surface area contributed by atoms with Gasteiger partial charge in [-0.25, -0.2) is 9.59 Å². The monoisotopic (exact) mass is 164 g/mol. The average molecular weight is 164 g/mol. The summed E-state index contributed by atoms with van der Waals surface area (Å²) < 4.78 is 8.55. The van der Waals surface area contributed by atoms with Crippen LogP contribution in [0.4, 0.5) is 0 Å². The number of hydrogen-bond acceptors (Lipinski definition) is 4. The van der Waals surface area contributed by atoms with Crippen LogP contribution < -0.4 is 0 Å². The largest absolute Gasteiger partial charge is 0.451 e. The molecule has 1 heterocycles. The Balaban J connectivity index is 0.000000640. The van der Waals surface area contributed by atoms with E-state index in [0.717, 1.165) is 0 Å². The molecule has 1 rings (SSSR count). The Morgan fingerprint density at radius 1 is 1.00 bits per heavy atom. The second-order valence-corrected chi connectivity index (χ2v) is 1.32. The van der Waals surface area contributed by atoms with Crippen molar-refractivity contribution in [1.29, 1.82) is 0 Å². The van der Waals surface area contributed by atoms with E-state index >= 15 is 0 Å².